The highest BCUT2D eigenvalue weighted by atomic mass is 16.3. The van der Waals surface area contributed by atoms with Gasteiger partial charge in [-0.2, -0.15) is 0 Å². The standard InChI is InChI=1S/C13H13NO/c15-10-7-12-11-4-2-1-3-9(11)5-6-13(12)14-8-10/h1-6,10,14-15H,7-8H2. The minimum absolute atomic E-state index is 0.261. The third-order valence-corrected chi connectivity index (χ3v) is 3.01. The number of nitrogens with one attached hydrogen (secondary N) is 1. The predicted octanol–water partition coefficient (Wildman–Crippen LogP) is 2.17. The molecule has 0 saturated heterocycles. The van der Waals surface area contributed by atoms with Crippen molar-refractivity contribution in [2.75, 3.05) is 11.9 Å². The van der Waals surface area contributed by atoms with E-state index in [1.165, 1.54) is 22.0 Å². The molecule has 1 aliphatic rings. The fourth-order valence-electron chi connectivity index (χ4n) is 2.26. The van der Waals surface area contributed by atoms with E-state index in [1.807, 2.05) is 12.1 Å². The maximum Gasteiger partial charge on any atom is 0.0753 e. The van der Waals surface area contributed by atoms with Crippen molar-refractivity contribution in [2.24, 2.45) is 0 Å². The highest BCUT2D eigenvalue weighted by Gasteiger charge is 2.17. The van der Waals surface area contributed by atoms with Crippen LogP contribution in [0.25, 0.3) is 10.8 Å². The van der Waals surface area contributed by atoms with Gasteiger partial charge in [-0.05, 0) is 22.4 Å². The smallest absolute Gasteiger partial charge is 0.0753 e. The van der Waals surface area contributed by atoms with Crippen LogP contribution in [-0.2, 0) is 6.42 Å². The van der Waals surface area contributed by atoms with Crippen LogP contribution < -0.4 is 5.32 Å². The van der Waals surface area contributed by atoms with Gasteiger partial charge in [0.2, 0.25) is 0 Å². The molecule has 76 valence electrons. The molecule has 2 aromatic rings. The Hall–Kier alpha value is -1.54. The lowest BCUT2D eigenvalue weighted by Gasteiger charge is -2.23. The zero-order valence-electron chi connectivity index (χ0n) is 8.40. The largest absolute Gasteiger partial charge is 0.391 e. The highest BCUT2D eigenvalue weighted by Crippen LogP contribution is 2.29. The number of rotatable bonds is 0. The first kappa shape index (κ1) is 8.74. The van der Waals surface area contributed by atoms with Gasteiger partial charge in [0.05, 0.1) is 6.10 Å². The molecule has 0 aromatic heterocycles. The van der Waals surface area contributed by atoms with Crippen molar-refractivity contribution in [3.63, 3.8) is 0 Å². The van der Waals surface area contributed by atoms with E-state index in [9.17, 15) is 5.11 Å². The lowest BCUT2D eigenvalue weighted by atomic mass is 9.95. The molecule has 2 heteroatoms. The summed E-state index contributed by atoms with van der Waals surface area (Å²) < 4.78 is 0. The SMILES string of the molecule is OC1CNc2ccc3ccccc3c2C1. The number of hydrogen-bond acceptors (Lipinski definition) is 2. The molecule has 1 atom stereocenters. The van der Waals surface area contributed by atoms with Crippen LogP contribution >= 0.6 is 0 Å². The summed E-state index contributed by atoms with van der Waals surface area (Å²) >= 11 is 0. The van der Waals surface area contributed by atoms with Crippen molar-refractivity contribution in [2.45, 2.75) is 12.5 Å². The van der Waals surface area contributed by atoms with Crippen molar-refractivity contribution in [3.05, 3.63) is 42.0 Å². The van der Waals surface area contributed by atoms with Gasteiger partial charge in [-0.25, -0.2) is 0 Å². The first-order valence-corrected chi connectivity index (χ1v) is 5.27. The summed E-state index contributed by atoms with van der Waals surface area (Å²) in [5, 5.41) is 15.4. The Morgan fingerprint density at radius 2 is 2.00 bits per heavy atom. The zero-order valence-corrected chi connectivity index (χ0v) is 8.40. The van der Waals surface area contributed by atoms with Gasteiger partial charge in [-0.15, -0.1) is 0 Å². The molecule has 0 saturated carbocycles. The minimum atomic E-state index is -0.261. The quantitative estimate of drug-likeness (QED) is 0.681. The Bertz CT molecular complexity index is 507. The molecule has 15 heavy (non-hydrogen) atoms. The number of β-amino-alcohol motifs (C(OH)–C–C–N with tert-alkyl or cyclic N) is 1. The van der Waals surface area contributed by atoms with Crippen molar-refractivity contribution in [3.8, 4) is 0 Å². The Morgan fingerprint density at radius 1 is 1.13 bits per heavy atom. The Balaban J connectivity index is 2.28. The molecule has 0 fully saturated rings. The molecule has 1 heterocycles. The van der Waals surface area contributed by atoms with E-state index in [1.54, 1.807) is 0 Å². The van der Waals surface area contributed by atoms with Crippen LogP contribution in [-0.4, -0.2) is 17.8 Å². The zero-order chi connectivity index (χ0) is 10.3. The summed E-state index contributed by atoms with van der Waals surface area (Å²) in [7, 11) is 0. The average molecular weight is 199 g/mol. The van der Waals surface area contributed by atoms with Gasteiger partial charge in [0.25, 0.3) is 0 Å². The molecular formula is C13H13NO. The van der Waals surface area contributed by atoms with Crippen LogP contribution in [0.2, 0.25) is 0 Å². The Morgan fingerprint density at radius 3 is 2.93 bits per heavy atom. The van der Waals surface area contributed by atoms with Crippen molar-refractivity contribution in [1.29, 1.82) is 0 Å². The maximum absolute atomic E-state index is 9.65. The number of benzene rings is 2. The first-order chi connectivity index (χ1) is 7.34. The maximum atomic E-state index is 9.65. The van der Waals surface area contributed by atoms with Crippen molar-refractivity contribution >= 4 is 16.5 Å². The molecule has 3 rings (SSSR count). The van der Waals surface area contributed by atoms with E-state index in [4.69, 9.17) is 0 Å². The number of hydrogen-bond donors (Lipinski definition) is 2. The molecule has 0 spiro atoms. The third-order valence-electron chi connectivity index (χ3n) is 3.01. The molecular weight excluding hydrogens is 186 g/mol. The monoisotopic (exact) mass is 199 g/mol. The van der Waals surface area contributed by atoms with Crippen LogP contribution in [0.5, 0.6) is 0 Å². The van der Waals surface area contributed by atoms with Gasteiger partial charge in [0.1, 0.15) is 0 Å². The van der Waals surface area contributed by atoms with Crippen LogP contribution in [0, 0.1) is 0 Å². The number of anilines is 1. The van der Waals surface area contributed by atoms with E-state index >= 15 is 0 Å². The number of aliphatic hydroxyl groups is 1. The molecule has 0 amide bonds. The van der Waals surface area contributed by atoms with E-state index in [0.717, 1.165) is 6.42 Å². The van der Waals surface area contributed by atoms with Crippen LogP contribution in [0.4, 0.5) is 5.69 Å². The van der Waals surface area contributed by atoms with Gasteiger partial charge >= 0.3 is 0 Å². The first-order valence-electron chi connectivity index (χ1n) is 5.27. The van der Waals surface area contributed by atoms with E-state index in [2.05, 4.69) is 29.6 Å². The lowest BCUT2D eigenvalue weighted by Crippen LogP contribution is -2.27. The number of aliphatic hydroxyl groups excluding tert-OH is 1. The topological polar surface area (TPSA) is 32.3 Å². The highest BCUT2D eigenvalue weighted by molar-refractivity contribution is 5.90. The predicted molar refractivity (Wildman–Crippen MR) is 62.1 cm³/mol. The van der Waals surface area contributed by atoms with E-state index < -0.39 is 0 Å². The number of fused-ring (bicyclic) bond motifs is 3. The minimum Gasteiger partial charge on any atom is -0.391 e. The molecule has 0 aliphatic carbocycles. The fourth-order valence-corrected chi connectivity index (χ4v) is 2.26. The molecule has 2 nitrogen and oxygen atoms in total. The van der Waals surface area contributed by atoms with Crippen molar-refractivity contribution < 1.29 is 5.11 Å². The van der Waals surface area contributed by atoms with Crippen LogP contribution in [0.3, 0.4) is 0 Å². The van der Waals surface area contributed by atoms with Crippen molar-refractivity contribution in [1.82, 2.24) is 0 Å². The van der Waals surface area contributed by atoms with Gasteiger partial charge < -0.3 is 10.4 Å². The van der Waals surface area contributed by atoms with Gasteiger partial charge in [-0.3, -0.25) is 0 Å². The van der Waals surface area contributed by atoms with Gasteiger partial charge in [0, 0.05) is 18.7 Å². The lowest BCUT2D eigenvalue weighted by molar-refractivity contribution is 0.185. The summed E-state index contributed by atoms with van der Waals surface area (Å²) in [5.74, 6) is 0. The summed E-state index contributed by atoms with van der Waals surface area (Å²) in [6, 6.07) is 12.5. The molecule has 0 radical (unpaired) electrons. The summed E-state index contributed by atoms with van der Waals surface area (Å²) in [4.78, 5) is 0. The fraction of sp³-hybridized carbons (Fsp3) is 0.231. The summed E-state index contributed by atoms with van der Waals surface area (Å²) in [6.45, 7) is 0.658. The second-order valence-electron chi connectivity index (χ2n) is 4.05. The summed E-state index contributed by atoms with van der Waals surface area (Å²) in [6.07, 6.45) is 0.493. The Labute approximate surface area is 88.5 Å². The Kier molecular flexibility index (Phi) is 1.89. The second kappa shape index (κ2) is 3.24. The van der Waals surface area contributed by atoms with Crippen LogP contribution in [0.15, 0.2) is 36.4 Å². The molecule has 1 unspecified atom stereocenters. The van der Waals surface area contributed by atoms with E-state index in [0.29, 0.717) is 6.54 Å². The average Bonchev–Trinajstić information content (AvgIpc) is 2.29. The second-order valence-corrected chi connectivity index (χ2v) is 4.05. The molecule has 2 N–H and O–H groups in total. The van der Waals surface area contributed by atoms with E-state index in [-0.39, 0.29) is 6.10 Å². The third kappa shape index (κ3) is 1.38. The normalized spacial score (nSPS) is 19.7. The van der Waals surface area contributed by atoms with Gasteiger partial charge in [0.15, 0.2) is 0 Å². The molecule has 1 aliphatic heterocycles. The summed E-state index contributed by atoms with van der Waals surface area (Å²) in [5.41, 5.74) is 2.41. The molecule has 0 bridgehead atoms. The van der Waals surface area contributed by atoms with Gasteiger partial charge in [-0.1, -0.05) is 30.3 Å². The molecule has 2 aromatic carbocycles. The van der Waals surface area contributed by atoms with Crippen LogP contribution in [0.1, 0.15) is 5.56 Å².